The number of rotatable bonds is 2. The zero-order chi connectivity index (χ0) is 14.1. The van der Waals surface area contributed by atoms with Crippen molar-refractivity contribution in [1.82, 2.24) is 20.3 Å². The lowest BCUT2D eigenvalue weighted by atomic mass is 9.98. The summed E-state index contributed by atoms with van der Waals surface area (Å²) in [6.07, 6.45) is 2.73. The summed E-state index contributed by atoms with van der Waals surface area (Å²) in [7, 11) is 0. The molecule has 0 fully saturated rings. The monoisotopic (exact) mass is 332 g/mol. The third-order valence-electron chi connectivity index (χ3n) is 3.48. The van der Waals surface area contributed by atoms with E-state index in [4.69, 9.17) is 9.97 Å². The van der Waals surface area contributed by atoms with Gasteiger partial charge in [-0.25, -0.2) is 9.97 Å². The third-order valence-corrected chi connectivity index (χ3v) is 4.12. The molecule has 0 saturated carbocycles. The van der Waals surface area contributed by atoms with Gasteiger partial charge in [0.05, 0.1) is 11.4 Å². The van der Waals surface area contributed by atoms with Crippen LogP contribution in [0.2, 0.25) is 0 Å². The van der Waals surface area contributed by atoms with Crippen molar-refractivity contribution in [2.45, 2.75) is 32.7 Å². The maximum Gasteiger partial charge on any atom is 0.179 e. The van der Waals surface area contributed by atoms with E-state index in [-0.39, 0.29) is 0 Å². The Morgan fingerprint density at radius 2 is 2.15 bits per heavy atom. The van der Waals surface area contributed by atoms with Crippen molar-refractivity contribution in [3.63, 3.8) is 0 Å². The highest BCUT2D eigenvalue weighted by Gasteiger charge is 2.20. The Hall–Kier alpha value is -1.33. The maximum absolute atomic E-state index is 4.77. The van der Waals surface area contributed by atoms with Gasteiger partial charge >= 0.3 is 0 Å². The van der Waals surface area contributed by atoms with Crippen molar-refractivity contribution in [3.05, 3.63) is 39.8 Å². The van der Waals surface area contributed by atoms with E-state index >= 15 is 0 Å². The van der Waals surface area contributed by atoms with Crippen molar-refractivity contribution in [1.29, 1.82) is 0 Å². The van der Waals surface area contributed by atoms with E-state index in [9.17, 15) is 0 Å². The van der Waals surface area contributed by atoms with Crippen molar-refractivity contribution in [2.75, 3.05) is 6.54 Å². The predicted octanol–water partition coefficient (Wildman–Crippen LogP) is 3.07. The number of nitrogens with zero attached hydrogens (tertiary/aromatic N) is 3. The summed E-state index contributed by atoms with van der Waals surface area (Å²) in [5.41, 5.74) is 4.38. The Morgan fingerprint density at radius 3 is 2.90 bits per heavy atom. The number of hydrogen-bond acceptors (Lipinski definition) is 4. The molecule has 0 unspecified atom stereocenters. The first-order valence-corrected chi connectivity index (χ1v) is 7.67. The summed E-state index contributed by atoms with van der Waals surface area (Å²) in [5.74, 6) is 1.11. The van der Waals surface area contributed by atoms with E-state index in [1.807, 2.05) is 12.1 Å². The summed E-state index contributed by atoms with van der Waals surface area (Å²) >= 11 is 3.54. The first-order chi connectivity index (χ1) is 9.66. The van der Waals surface area contributed by atoms with E-state index in [0.717, 1.165) is 46.9 Å². The molecule has 0 atom stereocenters. The van der Waals surface area contributed by atoms with Crippen LogP contribution < -0.4 is 5.32 Å². The highest BCUT2D eigenvalue weighted by Crippen LogP contribution is 2.28. The zero-order valence-corrected chi connectivity index (χ0v) is 13.2. The largest absolute Gasteiger partial charge is 0.312 e. The molecule has 4 nitrogen and oxygen atoms in total. The molecule has 3 heterocycles. The van der Waals surface area contributed by atoms with Crippen LogP contribution in [0.15, 0.2) is 22.8 Å². The molecule has 0 aromatic carbocycles. The molecule has 2 aromatic heterocycles. The molecule has 2 aromatic rings. The number of nitrogens with one attached hydrogen (secondary N) is 1. The molecule has 5 heteroatoms. The predicted molar refractivity (Wildman–Crippen MR) is 82.5 cm³/mol. The van der Waals surface area contributed by atoms with Crippen LogP contribution in [-0.4, -0.2) is 21.5 Å². The molecular weight excluding hydrogens is 316 g/mol. The highest BCUT2D eigenvalue weighted by molar-refractivity contribution is 9.10. The standard InChI is InChI=1S/C15H17BrN4/c1-9(2)13-10-8-17-7-5-12(10)19-15(20-13)14-11(16)4-3-6-18-14/h3-4,6,9,17H,5,7-8H2,1-2H3. The summed E-state index contributed by atoms with van der Waals surface area (Å²) in [5, 5.41) is 3.40. The molecule has 0 saturated heterocycles. The second-order valence-electron chi connectivity index (χ2n) is 5.27. The second-order valence-corrected chi connectivity index (χ2v) is 6.13. The van der Waals surface area contributed by atoms with Gasteiger partial charge in [0, 0.05) is 35.7 Å². The molecule has 0 aliphatic carbocycles. The first-order valence-electron chi connectivity index (χ1n) is 6.88. The third kappa shape index (κ3) is 2.47. The van der Waals surface area contributed by atoms with Gasteiger partial charge in [-0.15, -0.1) is 0 Å². The summed E-state index contributed by atoms with van der Waals surface area (Å²) in [6, 6.07) is 3.88. The molecule has 1 N–H and O–H groups in total. The van der Waals surface area contributed by atoms with Gasteiger partial charge in [-0.1, -0.05) is 13.8 Å². The van der Waals surface area contributed by atoms with Gasteiger partial charge in [0.25, 0.3) is 0 Å². The number of pyridine rings is 1. The fourth-order valence-electron chi connectivity index (χ4n) is 2.50. The molecule has 104 valence electrons. The van der Waals surface area contributed by atoms with Crippen LogP contribution in [0.1, 0.15) is 36.7 Å². The molecule has 0 amide bonds. The number of halogens is 1. The Kier molecular flexibility index (Phi) is 3.81. The zero-order valence-electron chi connectivity index (χ0n) is 11.7. The lowest BCUT2D eigenvalue weighted by molar-refractivity contribution is 0.609. The number of aromatic nitrogens is 3. The van der Waals surface area contributed by atoms with Crippen LogP contribution in [0.25, 0.3) is 11.5 Å². The molecular formula is C15H17BrN4. The number of hydrogen-bond donors (Lipinski definition) is 1. The van der Waals surface area contributed by atoms with E-state index in [2.05, 4.69) is 40.1 Å². The average molecular weight is 333 g/mol. The van der Waals surface area contributed by atoms with Gasteiger partial charge in [-0.3, -0.25) is 4.98 Å². The first kappa shape index (κ1) is 13.6. The molecule has 3 rings (SSSR count). The SMILES string of the molecule is CC(C)c1nc(-c2ncccc2Br)nc2c1CNCC2. The Balaban J connectivity index is 2.18. The quantitative estimate of drug-likeness (QED) is 0.918. The van der Waals surface area contributed by atoms with E-state index in [0.29, 0.717) is 5.92 Å². The van der Waals surface area contributed by atoms with E-state index < -0.39 is 0 Å². The van der Waals surface area contributed by atoms with Crippen LogP contribution in [-0.2, 0) is 13.0 Å². The average Bonchev–Trinajstić information content (AvgIpc) is 2.46. The van der Waals surface area contributed by atoms with Gasteiger partial charge in [0.1, 0.15) is 5.69 Å². The summed E-state index contributed by atoms with van der Waals surface area (Å²) < 4.78 is 0.934. The fourth-order valence-corrected chi connectivity index (χ4v) is 2.94. The lowest BCUT2D eigenvalue weighted by Gasteiger charge is -2.21. The van der Waals surface area contributed by atoms with Crippen molar-refractivity contribution < 1.29 is 0 Å². The molecule has 0 bridgehead atoms. The second kappa shape index (κ2) is 5.58. The highest BCUT2D eigenvalue weighted by atomic mass is 79.9. The Labute approximate surface area is 127 Å². The molecule has 1 aliphatic rings. The topological polar surface area (TPSA) is 50.7 Å². The normalized spacial score (nSPS) is 14.4. The van der Waals surface area contributed by atoms with Gasteiger partial charge in [-0.05, 0) is 34.0 Å². The fraction of sp³-hybridized carbons (Fsp3) is 0.400. The minimum atomic E-state index is 0.382. The summed E-state index contributed by atoms with van der Waals surface area (Å²) in [6.45, 7) is 6.19. The van der Waals surface area contributed by atoms with E-state index in [1.54, 1.807) is 6.20 Å². The summed E-state index contributed by atoms with van der Waals surface area (Å²) in [4.78, 5) is 13.9. The Bertz CT molecular complexity index is 640. The minimum Gasteiger partial charge on any atom is -0.312 e. The van der Waals surface area contributed by atoms with Crippen LogP contribution in [0.3, 0.4) is 0 Å². The van der Waals surface area contributed by atoms with Crippen LogP contribution in [0.5, 0.6) is 0 Å². The van der Waals surface area contributed by atoms with Crippen LogP contribution in [0.4, 0.5) is 0 Å². The van der Waals surface area contributed by atoms with Gasteiger partial charge in [0.2, 0.25) is 0 Å². The number of fused-ring (bicyclic) bond motifs is 1. The molecule has 0 radical (unpaired) electrons. The molecule has 0 spiro atoms. The van der Waals surface area contributed by atoms with Gasteiger partial charge < -0.3 is 5.32 Å². The lowest BCUT2D eigenvalue weighted by Crippen LogP contribution is -2.27. The van der Waals surface area contributed by atoms with Crippen LogP contribution in [0, 0.1) is 0 Å². The maximum atomic E-state index is 4.77. The van der Waals surface area contributed by atoms with Crippen molar-refractivity contribution >= 4 is 15.9 Å². The Morgan fingerprint density at radius 1 is 1.30 bits per heavy atom. The van der Waals surface area contributed by atoms with Crippen molar-refractivity contribution in [2.24, 2.45) is 0 Å². The van der Waals surface area contributed by atoms with Gasteiger partial charge in [0.15, 0.2) is 5.82 Å². The minimum absolute atomic E-state index is 0.382. The van der Waals surface area contributed by atoms with Crippen molar-refractivity contribution in [3.8, 4) is 11.5 Å². The van der Waals surface area contributed by atoms with Gasteiger partial charge in [-0.2, -0.15) is 0 Å². The van der Waals surface area contributed by atoms with E-state index in [1.165, 1.54) is 5.56 Å². The molecule has 1 aliphatic heterocycles. The van der Waals surface area contributed by atoms with Crippen LogP contribution >= 0.6 is 15.9 Å². The molecule has 20 heavy (non-hydrogen) atoms. The smallest absolute Gasteiger partial charge is 0.179 e.